The van der Waals surface area contributed by atoms with E-state index in [2.05, 4.69) is 15.3 Å². The van der Waals surface area contributed by atoms with Crippen LogP contribution in [-0.4, -0.2) is 54.8 Å². The summed E-state index contributed by atoms with van der Waals surface area (Å²) in [6.07, 6.45) is 4.85. The van der Waals surface area contributed by atoms with Crippen molar-refractivity contribution >= 4 is 27.4 Å². The minimum atomic E-state index is -3.66. The number of hydrogen-bond acceptors (Lipinski definition) is 6. The molecule has 1 amide bonds. The lowest BCUT2D eigenvalue weighted by Crippen LogP contribution is -2.48. The average Bonchev–Trinajstić information content (AvgIpc) is 2.80. The largest absolute Gasteiger partial charge is 0.353 e. The summed E-state index contributed by atoms with van der Waals surface area (Å²) < 4.78 is 40.7. The Kier molecular flexibility index (Phi) is 5.92. The highest BCUT2D eigenvalue weighted by Gasteiger charge is 2.29. The molecule has 0 aliphatic carbocycles. The van der Waals surface area contributed by atoms with Crippen molar-refractivity contribution < 1.29 is 17.6 Å². The fraction of sp³-hybridized carbons (Fsp3) is 0.190. The van der Waals surface area contributed by atoms with E-state index in [1.54, 1.807) is 18.6 Å². The first-order valence-corrected chi connectivity index (χ1v) is 11.1. The molecule has 1 fully saturated rings. The third-order valence-corrected chi connectivity index (χ3v) is 6.86. The zero-order valence-electron chi connectivity index (χ0n) is 16.5. The Bertz CT molecular complexity index is 1170. The Morgan fingerprint density at radius 1 is 1.00 bits per heavy atom. The highest BCUT2D eigenvalue weighted by molar-refractivity contribution is 7.89. The van der Waals surface area contributed by atoms with Gasteiger partial charge in [0.05, 0.1) is 11.1 Å². The third kappa shape index (κ3) is 4.70. The lowest BCUT2D eigenvalue weighted by atomic mass is 10.2. The summed E-state index contributed by atoms with van der Waals surface area (Å²) in [5.74, 6) is -0.262. The molecule has 1 aromatic heterocycles. The maximum Gasteiger partial charge on any atom is 0.255 e. The van der Waals surface area contributed by atoms with Crippen molar-refractivity contribution in [3.05, 3.63) is 78.5 Å². The molecule has 31 heavy (non-hydrogen) atoms. The molecule has 0 radical (unpaired) electrons. The molecule has 0 bridgehead atoms. The van der Waals surface area contributed by atoms with Crippen LogP contribution >= 0.6 is 0 Å². The molecule has 0 unspecified atom stereocenters. The van der Waals surface area contributed by atoms with Gasteiger partial charge in [-0.2, -0.15) is 4.31 Å². The number of anilines is 2. The van der Waals surface area contributed by atoms with Crippen LogP contribution in [0.5, 0.6) is 0 Å². The summed E-state index contributed by atoms with van der Waals surface area (Å²) in [6.45, 7) is 1.69. The van der Waals surface area contributed by atoms with Crippen LogP contribution < -0.4 is 10.2 Å². The van der Waals surface area contributed by atoms with E-state index < -0.39 is 21.7 Å². The normalized spacial score (nSPS) is 14.9. The van der Waals surface area contributed by atoms with E-state index in [9.17, 15) is 17.6 Å². The van der Waals surface area contributed by atoms with Crippen LogP contribution in [0.15, 0.2) is 72.0 Å². The Morgan fingerprint density at radius 2 is 1.74 bits per heavy atom. The number of halogens is 1. The SMILES string of the molecule is O=C(Nc1ccc(S(=O)(=O)N2CCN(c3cnccn3)CC2)cc1)c1cccc(F)c1. The maximum atomic E-state index is 13.3. The van der Waals surface area contributed by atoms with Crippen LogP contribution in [0.2, 0.25) is 0 Å². The number of nitrogens with one attached hydrogen (secondary N) is 1. The minimum Gasteiger partial charge on any atom is -0.353 e. The number of rotatable bonds is 5. The topological polar surface area (TPSA) is 95.5 Å². The van der Waals surface area contributed by atoms with Crippen LogP contribution in [0, 0.1) is 5.82 Å². The van der Waals surface area contributed by atoms with Crippen molar-refractivity contribution in [3.63, 3.8) is 0 Å². The molecule has 1 aliphatic heterocycles. The zero-order valence-corrected chi connectivity index (χ0v) is 17.3. The minimum absolute atomic E-state index is 0.143. The maximum absolute atomic E-state index is 13.3. The van der Waals surface area contributed by atoms with Crippen molar-refractivity contribution in [3.8, 4) is 0 Å². The van der Waals surface area contributed by atoms with Crippen molar-refractivity contribution in [1.82, 2.24) is 14.3 Å². The van der Waals surface area contributed by atoms with Gasteiger partial charge in [-0.05, 0) is 42.5 Å². The molecular weight excluding hydrogens is 421 g/mol. The molecule has 1 N–H and O–H groups in total. The van der Waals surface area contributed by atoms with Crippen molar-refractivity contribution in [1.29, 1.82) is 0 Å². The number of hydrogen-bond donors (Lipinski definition) is 1. The van der Waals surface area contributed by atoms with Crippen molar-refractivity contribution in [2.75, 3.05) is 36.4 Å². The molecule has 2 heterocycles. The second kappa shape index (κ2) is 8.78. The highest BCUT2D eigenvalue weighted by Crippen LogP contribution is 2.21. The van der Waals surface area contributed by atoms with Crippen LogP contribution in [0.25, 0.3) is 0 Å². The molecule has 4 rings (SSSR count). The van der Waals surface area contributed by atoms with Gasteiger partial charge in [-0.1, -0.05) is 6.07 Å². The monoisotopic (exact) mass is 441 g/mol. The third-order valence-electron chi connectivity index (χ3n) is 4.95. The van der Waals surface area contributed by atoms with Crippen LogP contribution in [0.3, 0.4) is 0 Å². The molecule has 0 saturated carbocycles. The molecule has 160 valence electrons. The van der Waals surface area contributed by atoms with Gasteiger partial charge < -0.3 is 10.2 Å². The number of piperazine rings is 1. The average molecular weight is 441 g/mol. The molecule has 1 aliphatic rings. The summed E-state index contributed by atoms with van der Waals surface area (Å²) >= 11 is 0. The van der Waals surface area contributed by atoms with E-state index in [1.165, 1.54) is 46.8 Å². The van der Waals surface area contributed by atoms with Gasteiger partial charge in [-0.15, -0.1) is 0 Å². The Hall–Kier alpha value is -3.37. The van der Waals surface area contributed by atoms with E-state index in [0.717, 1.165) is 11.9 Å². The van der Waals surface area contributed by atoms with Gasteiger partial charge in [0.15, 0.2) is 0 Å². The van der Waals surface area contributed by atoms with Crippen LogP contribution in [-0.2, 0) is 10.0 Å². The first-order chi connectivity index (χ1) is 14.9. The summed E-state index contributed by atoms with van der Waals surface area (Å²) in [5, 5.41) is 2.63. The second-order valence-corrected chi connectivity index (χ2v) is 8.88. The second-order valence-electron chi connectivity index (χ2n) is 6.94. The van der Waals surface area contributed by atoms with Gasteiger partial charge in [-0.25, -0.2) is 17.8 Å². The lowest BCUT2D eigenvalue weighted by molar-refractivity contribution is 0.102. The van der Waals surface area contributed by atoms with E-state index in [0.29, 0.717) is 31.9 Å². The van der Waals surface area contributed by atoms with E-state index >= 15 is 0 Å². The standard InChI is InChI=1S/C21H20FN5O3S/c22-17-3-1-2-16(14-17)21(28)25-18-4-6-19(7-5-18)31(29,30)27-12-10-26(11-13-27)20-15-23-8-9-24-20/h1-9,14-15H,10-13H2,(H,25,28). The Morgan fingerprint density at radius 3 is 2.39 bits per heavy atom. The number of carbonyl (C=O) groups excluding carboxylic acids is 1. The molecule has 2 aromatic carbocycles. The van der Waals surface area contributed by atoms with Gasteiger partial charge in [0.1, 0.15) is 11.6 Å². The van der Waals surface area contributed by atoms with Gasteiger partial charge in [-0.3, -0.25) is 9.78 Å². The van der Waals surface area contributed by atoms with Gasteiger partial charge in [0, 0.05) is 49.8 Å². The number of aromatic nitrogens is 2. The molecule has 3 aromatic rings. The summed E-state index contributed by atoms with van der Waals surface area (Å²) in [6, 6.07) is 11.3. The molecule has 8 nitrogen and oxygen atoms in total. The highest BCUT2D eigenvalue weighted by atomic mass is 32.2. The van der Waals surface area contributed by atoms with Gasteiger partial charge in [0.2, 0.25) is 10.0 Å². The molecule has 0 atom stereocenters. The quantitative estimate of drug-likeness (QED) is 0.653. The van der Waals surface area contributed by atoms with Crippen LogP contribution in [0.1, 0.15) is 10.4 Å². The Labute approximate surface area is 179 Å². The zero-order chi connectivity index (χ0) is 21.8. The number of benzene rings is 2. The fourth-order valence-electron chi connectivity index (χ4n) is 3.30. The number of amides is 1. The number of nitrogens with zero attached hydrogens (tertiary/aromatic N) is 4. The summed E-state index contributed by atoms with van der Waals surface area (Å²) in [5.41, 5.74) is 0.596. The Balaban J connectivity index is 1.40. The summed E-state index contributed by atoms with van der Waals surface area (Å²) in [7, 11) is -3.66. The van der Waals surface area contributed by atoms with Crippen molar-refractivity contribution in [2.45, 2.75) is 4.90 Å². The smallest absolute Gasteiger partial charge is 0.255 e. The van der Waals surface area contributed by atoms with E-state index in [1.807, 2.05) is 4.90 Å². The first-order valence-electron chi connectivity index (χ1n) is 9.61. The number of sulfonamides is 1. The molecular formula is C21H20FN5O3S. The molecule has 10 heteroatoms. The van der Waals surface area contributed by atoms with E-state index in [-0.39, 0.29) is 10.5 Å². The lowest BCUT2D eigenvalue weighted by Gasteiger charge is -2.34. The first kappa shape index (κ1) is 20.9. The molecule has 1 saturated heterocycles. The van der Waals surface area contributed by atoms with Gasteiger partial charge in [0.25, 0.3) is 5.91 Å². The van der Waals surface area contributed by atoms with Crippen LogP contribution in [0.4, 0.5) is 15.9 Å². The van der Waals surface area contributed by atoms with Crippen molar-refractivity contribution in [2.24, 2.45) is 0 Å². The predicted octanol–water partition coefficient (Wildman–Crippen LogP) is 2.38. The molecule has 0 spiro atoms. The number of carbonyl (C=O) groups is 1. The summed E-state index contributed by atoms with van der Waals surface area (Å²) in [4.78, 5) is 22.6. The van der Waals surface area contributed by atoms with Gasteiger partial charge >= 0.3 is 0 Å². The van der Waals surface area contributed by atoms with E-state index in [4.69, 9.17) is 0 Å². The fourth-order valence-corrected chi connectivity index (χ4v) is 4.73. The predicted molar refractivity (Wildman–Crippen MR) is 114 cm³/mol.